The Morgan fingerprint density at radius 3 is 2.25 bits per heavy atom. The highest BCUT2D eigenvalue weighted by Crippen LogP contribution is 2.23. The molecule has 2 fully saturated rings. The van der Waals surface area contributed by atoms with Crippen LogP contribution in [0.4, 0.5) is 0 Å². The second-order valence-corrected chi connectivity index (χ2v) is 7.66. The van der Waals surface area contributed by atoms with E-state index < -0.39 is 0 Å². The minimum atomic E-state index is 0.525. The first-order chi connectivity index (χ1) is 9.67. The van der Waals surface area contributed by atoms with Crippen molar-refractivity contribution in [3.05, 3.63) is 0 Å². The molecular weight excluding hydrogens is 268 g/mol. The second-order valence-electron chi connectivity index (χ2n) is 6.78. The molecule has 0 bridgehead atoms. The standard InChI is InChI=1S/C16H32N2OS/c1-14(2)12-17-8-6-16(7-9-17)19-13-15-4-10-18(20-3)11-5-15/h14-16H,4-13H2,1-3H3. The van der Waals surface area contributed by atoms with Crippen LogP contribution in [0.25, 0.3) is 0 Å². The van der Waals surface area contributed by atoms with E-state index in [-0.39, 0.29) is 0 Å². The van der Waals surface area contributed by atoms with Gasteiger partial charge < -0.3 is 9.64 Å². The lowest BCUT2D eigenvalue weighted by Crippen LogP contribution is -2.39. The quantitative estimate of drug-likeness (QED) is 0.700. The highest BCUT2D eigenvalue weighted by atomic mass is 32.2. The molecule has 0 atom stereocenters. The van der Waals surface area contributed by atoms with Gasteiger partial charge in [-0.1, -0.05) is 25.8 Å². The van der Waals surface area contributed by atoms with Gasteiger partial charge in [-0.15, -0.1) is 0 Å². The fourth-order valence-corrected chi connectivity index (χ4v) is 3.88. The molecule has 2 saturated heterocycles. The van der Waals surface area contributed by atoms with Crippen molar-refractivity contribution in [2.24, 2.45) is 11.8 Å². The molecule has 0 aromatic rings. The van der Waals surface area contributed by atoms with E-state index in [0.29, 0.717) is 6.10 Å². The van der Waals surface area contributed by atoms with Gasteiger partial charge in [-0.3, -0.25) is 4.31 Å². The molecule has 0 spiro atoms. The number of ether oxygens (including phenoxy) is 1. The van der Waals surface area contributed by atoms with Crippen LogP contribution in [0.5, 0.6) is 0 Å². The van der Waals surface area contributed by atoms with Crippen LogP contribution in [-0.2, 0) is 4.74 Å². The van der Waals surface area contributed by atoms with Gasteiger partial charge >= 0.3 is 0 Å². The SMILES string of the molecule is CSN1CCC(COC2CCN(CC(C)C)CC2)CC1. The first-order valence-electron chi connectivity index (χ1n) is 8.30. The summed E-state index contributed by atoms with van der Waals surface area (Å²) in [5.41, 5.74) is 0. The van der Waals surface area contributed by atoms with E-state index >= 15 is 0 Å². The fourth-order valence-electron chi connectivity index (χ4n) is 3.31. The Morgan fingerprint density at radius 2 is 1.70 bits per heavy atom. The van der Waals surface area contributed by atoms with Crippen molar-refractivity contribution in [1.29, 1.82) is 0 Å². The van der Waals surface area contributed by atoms with Crippen molar-refractivity contribution in [2.45, 2.75) is 45.6 Å². The summed E-state index contributed by atoms with van der Waals surface area (Å²) >= 11 is 1.89. The lowest BCUT2D eigenvalue weighted by Gasteiger charge is -2.35. The van der Waals surface area contributed by atoms with Crippen LogP contribution < -0.4 is 0 Å². The summed E-state index contributed by atoms with van der Waals surface area (Å²) in [6, 6.07) is 0. The molecule has 20 heavy (non-hydrogen) atoms. The van der Waals surface area contributed by atoms with Crippen molar-refractivity contribution in [3.8, 4) is 0 Å². The van der Waals surface area contributed by atoms with E-state index in [2.05, 4.69) is 29.3 Å². The van der Waals surface area contributed by atoms with E-state index in [1.54, 1.807) is 0 Å². The summed E-state index contributed by atoms with van der Waals surface area (Å²) in [5, 5.41) is 0. The molecule has 0 amide bonds. The van der Waals surface area contributed by atoms with Crippen molar-refractivity contribution < 1.29 is 4.74 Å². The van der Waals surface area contributed by atoms with E-state index in [1.807, 2.05) is 11.9 Å². The smallest absolute Gasteiger partial charge is 0.0599 e. The van der Waals surface area contributed by atoms with Crippen LogP contribution in [0.1, 0.15) is 39.5 Å². The van der Waals surface area contributed by atoms with Gasteiger partial charge in [0.15, 0.2) is 0 Å². The van der Waals surface area contributed by atoms with Crippen molar-refractivity contribution >= 4 is 11.9 Å². The van der Waals surface area contributed by atoms with Gasteiger partial charge in [-0.25, -0.2) is 0 Å². The lowest BCUT2D eigenvalue weighted by atomic mass is 9.99. The Morgan fingerprint density at radius 1 is 1.05 bits per heavy atom. The van der Waals surface area contributed by atoms with Crippen LogP contribution in [-0.4, -0.2) is 60.9 Å². The summed E-state index contributed by atoms with van der Waals surface area (Å²) in [4.78, 5) is 2.60. The minimum Gasteiger partial charge on any atom is -0.378 e. The number of hydrogen-bond acceptors (Lipinski definition) is 4. The highest BCUT2D eigenvalue weighted by molar-refractivity contribution is 7.96. The molecule has 0 saturated carbocycles. The summed E-state index contributed by atoms with van der Waals surface area (Å²) in [6.07, 6.45) is 7.80. The zero-order chi connectivity index (χ0) is 14.4. The number of hydrogen-bond donors (Lipinski definition) is 0. The van der Waals surface area contributed by atoms with Crippen LogP contribution >= 0.6 is 11.9 Å². The Labute approximate surface area is 129 Å². The summed E-state index contributed by atoms with van der Waals surface area (Å²) in [5.74, 6) is 1.58. The van der Waals surface area contributed by atoms with E-state index in [1.165, 1.54) is 58.4 Å². The summed E-state index contributed by atoms with van der Waals surface area (Å²) in [7, 11) is 0. The predicted octanol–water partition coefficient (Wildman–Crippen LogP) is 3.11. The average Bonchev–Trinajstić information content (AvgIpc) is 2.46. The monoisotopic (exact) mass is 300 g/mol. The molecule has 0 aromatic carbocycles. The Kier molecular flexibility index (Phi) is 7.15. The van der Waals surface area contributed by atoms with E-state index in [4.69, 9.17) is 4.74 Å². The molecule has 0 aromatic heterocycles. The highest BCUT2D eigenvalue weighted by Gasteiger charge is 2.23. The van der Waals surface area contributed by atoms with E-state index in [0.717, 1.165) is 18.4 Å². The number of rotatable bonds is 6. The number of piperidine rings is 2. The fraction of sp³-hybridized carbons (Fsp3) is 1.00. The molecular formula is C16H32N2OS. The number of likely N-dealkylation sites (tertiary alicyclic amines) is 1. The van der Waals surface area contributed by atoms with Gasteiger partial charge in [0.25, 0.3) is 0 Å². The predicted molar refractivity (Wildman–Crippen MR) is 88.1 cm³/mol. The van der Waals surface area contributed by atoms with Gasteiger partial charge in [0, 0.05) is 39.3 Å². The number of nitrogens with zero attached hydrogens (tertiary/aromatic N) is 2. The van der Waals surface area contributed by atoms with Gasteiger partial charge in [0.05, 0.1) is 6.10 Å². The third-order valence-corrected chi connectivity index (χ3v) is 5.44. The summed E-state index contributed by atoms with van der Waals surface area (Å²) in [6.45, 7) is 11.8. The lowest BCUT2D eigenvalue weighted by molar-refractivity contribution is -0.0171. The maximum absolute atomic E-state index is 6.19. The third-order valence-electron chi connectivity index (χ3n) is 4.56. The molecule has 0 aliphatic carbocycles. The average molecular weight is 301 g/mol. The van der Waals surface area contributed by atoms with Crippen molar-refractivity contribution in [3.63, 3.8) is 0 Å². The maximum atomic E-state index is 6.19. The van der Waals surface area contributed by atoms with Gasteiger partial charge in [0.1, 0.15) is 0 Å². The van der Waals surface area contributed by atoms with Crippen molar-refractivity contribution in [1.82, 2.24) is 9.21 Å². The summed E-state index contributed by atoms with van der Waals surface area (Å²) < 4.78 is 8.67. The Balaban J connectivity index is 1.57. The van der Waals surface area contributed by atoms with E-state index in [9.17, 15) is 0 Å². The molecule has 0 unspecified atom stereocenters. The first kappa shape index (κ1) is 16.6. The van der Waals surface area contributed by atoms with Gasteiger partial charge in [0.2, 0.25) is 0 Å². The molecule has 0 N–H and O–H groups in total. The Bertz CT molecular complexity index is 259. The maximum Gasteiger partial charge on any atom is 0.0599 e. The molecule has 2 aliphatic rings. The minimum absolute atomic E-state index is 0.525. The molecule has 2 heterocycles. The van der Waals surface area contributed by atoms with Crippen LogP contribution in [0.3, 0.4) is 0 Å². The molecule has 2 rings (SSSR count). The normalized spacial score (nSPS) is 24.6. The molecule has 3 nitrogen and oxygen atoms in total. The molecule has 118 valence electrons. The van der Waals surface area contributed by atoms with Crippen LogP contribution in [0, 0.1) is 11.8 Å². The Hall–Kier alpha value is 0.230. The molecule has 0 radical (unpaired) electrons. The second kappa shape index (κ2) is 8.62. The third kappa shape index (κ3) is 5.55. The largest absolute Gasteiger partial charge is 0.378 e. The first-order valence-corrected chi connectivity index (χ1v) is 9.48. The zero-order valence-electron chi connectivity index (χ0n) is 13.5. The van der Waals surface area contributed by atoms with Gasteiger partial charge in [-0.05, 0) is 43.8 Å². The van der Waals surface area contributed by atoms with Crippen LogP contribution in [0.2, 0.25) is 0 Å². The molecule has 2 aliphatic heterocycles. The van der Waals surface area contributed by atoms with Gasteiger partial charge in [-0.2, -0.15) is 0 Å². The zero-order valence-corrected chi connectivity index (χ0v) is 14.3. The molecule has 4 heteroatoms. The van der Waals surface area contributed by atoms with Crippen LogP contribution in [0.15, 0.2) is 0 Å². The topological polar surface area (TPSA) is 15.7 Å². The van der Waals surface area contributed by atoms with Crippen molar-refractivity contribution in [2.75, 3.05) is 45.6 Å².